The smallest absolute Gasteiger partial charge is 0.274 e. The molecule has 158 valence electrons. The van der Waals surface area contributed by atoms with Crippen molar-refractivity contribution < 1.29 is 23.2 Å². The normalized spacial score (nSPS) is 10.7. The van der Waals surface area contributed by atoms with Gasteiger partial charge in [-0.1, -0.05) is 5.16 Å². The number of amides is 1. The molecule has 8 nitrogen and oxygen atoms in total. The first-order valence-electron chi connectivity index (χ1n) is 9.34. The Kier molecular flexibility index (Phi) is 5.65. The van der Waals surface area contributed by atoms with Crippen LogP contribution >= 0.6 is 0 Å². The summed E-state index contributed by atoms with van der Waals surface area (Å²) in [5, 5.41) is 6.77. The van der Waals surface area contributed by atoms with Gasteiger partial charge in [-0.2, -0.15) is 4.98 Å². The zero-order valence-electron chi connectivity index (χ0n) is 16.8. The molecule has 1 N–H and O–H groups in total. The maximum atomic E-state index is 13.1. The van der Waals surface area contributed by atoms with E-state index in [1.54, 1.807) is 60.3 Å². The lowest BCUT2D eigenvalue weighted by atomic mass is 10.2. The molecule has 31 heavy (non-hydrogen) atoms. The molecule has 4 rings (SSSR count). The van der Waals surface area contributed by atoms with Crippen LogP contribution in [0.4, 0.5) is 10.1 Å². The lowest BCUT2D eigenvalue weighted by Crippen LogP contribution is -2.18. The van der Waals surface area contributed by atoms with E-state index in [0.717, 1.165) is 0 Å². The van der Waals surface area contributed by atoms with Crippen LogP contribution in [0.15, 0.2) is 65.3 Å². The number of benzene rings is 2. The highest BCUT2D eigenvalue weighted by molar-refractivity contribution is 5.91. The summed E-state index contributed by atoms with van der Waals surface area (Å²) in [4.78, 5) is 16.9. The van der Waals surface area contributed by atoms with E-state index in [4.69, 9.17) is 14.0 Å². The molecule has 0 aliphatic heterocycles. The summed E-state index contributed by atoms with van der Waals surface area (Å²) < 4.78 is 30.6. The fraction of sp³-hybridized carbons (Fsp3) is 0.136. The van der Waals surface area contributed by atoms with Crippen LogP contribution in [0, 0.1) is 5.82 Å². The number of ether oxygens (including phenoxy) is 2. The monoisotopic (exact) mass is 422 g/mol. The minimum absolute atomic E-state index is 0.0327. The lowest BCUT2D eigenvalue weighted by Gasteiger charge is -2.11. The van der Waals surface area contributed by atoms with Crippen molar-refractivity contribution in [2.45, 2.75) is 6.54 Å². The van der Waals surface area contributed by atoms with Crippen LogP contribution in [-0.4, -0.2) is 34.8 Å². The number of carbonyl (C=O) groups excluding carboxylic acids is 1. The van der Waals surface area contributed by atoms with Gasteiger partial charge in [0.25, 0.3) is 5.89 Å². The van der Waals surface area contributed by atoms with Gasteiger partial charge in [0, 0.05) is 23.5 Å². The number of rotatable bonds is 7. The van der Waals surface area contributed by atoms with E-state index in [2.05, 4.69) is 15.5 Å². The largest absolute Gasteiger partial charge is 0.493 e. The van der Waals surface area contributed by atoms with E-state index in [1.807, 2.05) is 0 Å². The van der Waals surface area contributed by atoms with Crippen molar-refractivity contribution >= 4 is 11.6 Å². The highest BCUT2D eigenvalue weighted by atomic mass is 19.1. The number of aromatic nitrogens is 3. The first-order valence-corrected chi connectivity index (χ1v) is 9.34. The van der Waals surface area contributed by atoms with Gasteiger partial charge >= 0.3 is 0 Å². The molecular formula is C22H19FN4O4. The molecular weight excluding hydrogens is 403 g/mol. The maximum absolute atomic E-state index is 13.1. The molecule has 2 aromatic carbocycles. The van der Waals surface area contributed by atoms with Crippen LogP contribution in [0.3, 0.4) is 0 Å². The van der Waals surface area contributed by atoms with Crippen LogP contribution in [0.2, 0.25) is 0 Å². The van der Waals surface area contributed by atoms with Crippen molar-refractivity contribution in [1.29, 1.82) is 0 Å². The first-order chi connectivity index (χ1) is 15.1. The SMILES string of the molecule is COc1ccc(NC(=O)Cn2cccc2-c2nc(-c3ccc(F)cc3)no2)cc1OC. The Morgan fingerprint density at radius 1 is 1.10 bits per heavy atom. The lowest BCUT2D eigenvalue weighted by molar-refractivity contribution is -0.116. The molecule has 0 unspecified atom stereocenters. The summed E-state index contributed by atoms with van der Waals surface area (Å²) in [7, 11) is 3.07. The molecule has 0 fully saturated rings. The van der Waals surface area contributed by atoms with Crippen molar-refractivity contribution in [1.82, 2.24) is 14.7 Å². The second-order valence-corrected chi connectivity index (χ2v) is 6.57. The average molecular weight is 422 g/mol. The molecule has 0 aliphatic rings. The van der Waals surface area contributed by atoms with E-state index < -0.39 is 0 Å². The van der Waals surface area contributed by atoms with Crippen molar-refractivity contribution in [3.05, 3.63) is 66.6 Å². The molecule has 0 bridgehead atoms. The Bertz CT molecular complexity index is 1200. The second-order valence-electron chi connectivity index (χ2n) is 6.57. The molecule has 0 saturated carbocycles. The van der Waals surface area contributed by atoms with E-state index in [-0.39, 0.29) is 24.2 Å². The number of nitrogens with zero attached hydrogens (tertiary/aromatic N) is 3. The Labute approximate surface area is 177 Å². The Morgan fingerprint density at radius 3 is 2.61 bits per heavy atom. The van der Waals surface area contributed by atoms with Gasteiger partial charge in [0.15, 0.2) is 11.5 Å². The van der Waals surface area contributed by atoms with Gasteiger partial charge in [0.2, 0.25) is 11.7 Å². The summed E-state index contributed by atoms with van der Waals surface area (Å²) in [6, 6.07) is 14.5. The Morgan fingerprint density at radius 2 is 1.87 bits per heavy atom. The highest BCUT2D eigenvalue weighted by Crippen LogP contribution is 2.30. The van der Waals surface area contributed by atoms with Crippen molar-refractivity contribution in [3.63, 3.8) is 0 Å². The first kappa shape index (κ1) is 20.1. The van der Waals surface area contributed by atoms with Gasteiger partial charge < -0.3 is 23.9 Å². The van der Waals surface area contributed by atoms with Crippen LogP contribution in [0.25, 0.3) is 23.0 Å². The number of hydrogen-bond donors (Lipinski definition) is 1. The third kappa shape index (κ3) is 4.40. The van der Waals surface area contributed by atoms with Crippen LogP contribution in [-0.2, 0) is 11.3 Å². The molecule has 2 aromatic heterocycles. The number of carbonyl (C=O) groups is 1. The molecule has 9 heteroatoms. The standard InChI is InChI=1S/C22H19FN4O4/c1-29-18-10-9-16(12-19(18)30-2)24-20(28)13-27-11-3-4-17(27)22-25-21(26-31-22)14-5-7-15(23)8-6-14/h3-12H,13H2,1-2H3,(H,24,28). The topological polar surface area (TPSA) is 91.4 Å². The molecule has 4 aromatic rings. The fourth-order valence-electron chi connectivity index (χ4n) is 3.06. The zero-order valence-corrected chi connectivity index (χ0v) is 16.8. The predicted molar refractivity (Wildman–Crippen MR) is 111 cm³/mol. The summed E-state index contributed by atoms with van der Waals surface area (Å²) in [5.74, 6) is 1.08. The molecule has 0 aliphatic carbocycles. The maximum Gasteiger partial charge on any atom is 0.274 e. The van der Waals surface area contributed by atoms with E-state index in [9.17, 15) is 9.18 Å². The predicted octanol–water partition coefficient (Wildman–Crippen LogP) is 4.00. The molecule has 0 saturated heterocycles. The van der Waals surface area contributed by atoms with Crippen LogP contribution in [0.1, 0.15) is 0 Å². The number of hydrogen-bond acceptors (Lipinski definition) is 6. The molecule has 0 atom stereocenters. The van der Waals surface area contributed by atoms with Gasteiger partial charge in [-0.05, 0) is 48.5 Å². The van der Waals surface area contributed by atoms with Gasteiger partial charge in [0.05, 0.1) is 14.2 Å². The van der Waals surface area contributed by atoms with Crippen molar-refractivity contribution in [3.8, 4) is 34.5 Å². The number of methoxy groups -OCH3 is 2. The third-order valence-corrected chi connectivity index (χ3v) is 4.56. The fourth-order valence-corrected chi connectivity index (χ4v) is 3.06. The molecule has 2 heterocycles. The van der Waals surface area contributed by atoms with E-state index in [0.29, 0.717) is 34.3 Å². The van der Waals surface area contributed by atoms with E-state index >= 15 is 0 Å². The average Bonchev–Trinajstić information content (AvgIpc) is 3.43. The van der Waals surface area contributed by atoms with E-state index in [1.165, 1.54) is 19.2 Å². The summed E-state index contributed by atoms with van der Waals surface area (Å²) in [5.41, 5.74) is 1.79. The van der Waals surface area contributed by atoms with Crippen molar-refractivity contribution in [2.24, 2.45) is 0 Å². The molecule has 1 amide bonds. The Hall–Kier alpha value is -4.14. The van der Waals surface area contributed by atoms with Crippen molar-refractivity contribution in [2.75, 3.05) is 19.5 Å². The van der Waals surface area contributed by atoms with Gasteiger partial charge in [0.1, 0.15) is 18.1 Å². The zero-order chi connectivity index (χ0) is 21.8. The summed E-state index contributed by atoms with van der Waals surface area (Å²) >= 11 is 0. The van der Waals surface area contributed by atoms with Crippen LogP contribution in [0.5, 0.6) is 11.5 Å². The third-order valence-electron chi connectivity index (χ3n) is 4.56. The highest BCUT2D eigenvalue weighted by Gasteiger charge is 2.16. The minimum Gasteiger partial charge on any atom is -0.493 e. The van der Waals surface area contributed by atoms with Gasteiger partial charge in [-0.15, -0.1) is 0 Å². The summed E-state index contributed by atoms with van der Waals surface area (Å²) in [6.07, 6.45) is 1.74. The summed E-state index contributed by atoms with van der Waals surface area (Å²) in [6.45, 7) is 0.0327. The number of nitrogens with one attached hydrogen (secondary N) is 1. The van der Waals surface area contributed by atoms with Gasteiger partial charge in [-0.25, -0.2) is 4.39 Å². The number of halogens is 1. The minimum atomic E-state index is -0.346. The molecule has 0 spiro atoms. The quantitative estimate of drug-likeness (QED) is 0.484. The second kappa shape index (κ2) is 8.70. The molecule has 0 radical (unpaired) electrons. The van der Waals surface area contributed by atoms with Gasteiger partial charge in [-0.3, -0.25) is 4.79 Å². The number of anilines is 1. The van der Waals surface area contributed by atoms with Crippen LogP contribution < -0.4 is 14.8 Å². The Balaban J connectivity index is 1.49.